The second-order valence-electron chi connectivity index (χ2n) is 2.00. The van der Waals surface area contributed by atoms with E-state index in [1.165, 1.54) is 0 Å². The molecule has 2 aromatic heterocycles. The third-order valence-electron chi connectivity index (χ3n) is 1.38. The molecule has 2 N–H and O–H groups in total. The van der Waals surface area contributed by atoms with E-state index >= 15 is 0 Å². The van der Waals surface area contributed by atoms with Crippen molar-refractivity contribution in [2.45, 2.75) is 0 Å². The Hall–Kier alpha value is -1.29. The lowest BCUT2D eigenvalue weighted by Gasteiger charge is -1.80. The zero-order valence-corrected chi connectivity index (χ0v) is 6.31. The highest BCUT2D eigenvalue weighted by molar-refractivity contribution is 5.85. The van der Waals surface area contributed by atoms with Gasteiger partial charge in [0.05, 0.1) is 17.1 Å². The number of nitrogens with one attached hydrogen (secondary N) is 2. The summed E-state index contributed by atoms with van der Waals surface area (Å²) in [5.41, 5.74) is 0.643. The molecule has 0 saturated heterocycles. The van der Waals surface area contributed by atoms with Gasteiger partial charge in [0.1, 0.15) is 0 Å². The van der Waals surface area contributed by atoms with E-state index in [1.54, 1.807) is 18.5 Å². The molecule has 5 heteroatoms. The molecule has 0 unspecified atom stereocenters. The van der Waals surface area contributed by atoms with E-state index in [9.17, 15) is 4.79 Å². The number of hydrogen-bond donors (Lipinski definition) is 2. The fourth-order valence-corrected chi connectivity index (χ4v) is 0.884. The Morgan fingerprint density at radius 3 is 2.91 bits per heavy atom. The summed E-state index contributed by atoms with van der Waals surface area (Å²) in [6.45, 7) is 0. The van der Waals surface area contributed by atoms with Gasteiger partial charge in [-0.05, 0) is 6.07 Å². The highest BCUT2D eigenvalue weighted by Crippen LogP contribution is 1.99. The molecule has 11 heavy (non-hydrogen) atoms. The molecule has 2 aromatic rings. The van der Waals surface area contributed by atoms with E-state index < -0.39 is 0 Å². The summed E-state index contributed by atoms with van der Waals surface area (Å²) in [6.07, 6.45) is 3.19. The Balaban J connectivity index is 0.000000605. The standard InChI is InChI=1S/C6H5N3O.ClH/c10-6-4-1-2-7-3-5(4)8-9-6;/h1-3H,(H2,8,9,10);1H. The largest absolute Gasteiger partial charge is 0.296 e. The maximum absolute atomic E-state index is 10.9. The predicted octanol–water partition coefficient (Wildman–Crippen LogP) is 0.673. The predicted molar refractivity (Wildman–Crippen MR) is 44.0 cm³/mol. The number of fused-ring (bicyclic) bond motifs is 1. The number of aromatic nitrogens is 3. The lowest BCUT2D eigenvalue weighted by Crippen LogP contribution is -1.96. The fraction of sp³-hybridized carbons (Fsp3) is 0. The summed E-state index contributed by atoms with van der Waals surface area (Å²) in [6, 6.07) is 1.67. The molecular weight excluding hydrogens is 166 g/mol. The van der Waals surface area contributed by atoms with Crippen molar-refractivity contribution in [2.24, 2.45) is 0 Å². The van der Waals surface area contributed by atoms with E-state index in [0.717, 1.165) is 5.52 Å². The Morgan fingerprint density at radius 1 is 1.36 bits per heavy atom. The van der Waals surface area contributed by atoms with Crippen LogP contribution in [0.2, 0.25) is 0 Å². The van der Waals surface area contributed by atoms with Crippen LogP contribution in [0.3, 0.4) is 0 Å². The van der Waals surface area contributed by atoms with Crippen LogP contribution in [0.4, 0.5) is 0 Å². The number of nitrogens with zero attached hydrogens (tertiary/aromatic N) is 1. The summed E-state index contributed by atoms with van der Waals surface area (Å²) in [5, 5.41) is 5.79. The highest BCUT2D eigenvalue weighted by atomic mass is 35.5. The number of pyridine rings is 1. The second-order valence-corrected chi connectivity index (χ2v) is 2.00. The van der Waals surface area contributed by atoms with Crippen molar-refractivity contribution in [3.05, 3.63) is 28.8 Å². The van der Waals surface area contributed by atoms with Crippen LogP contribution in [0.15, 0.2) is 23.3 Å². The van der Waals surface area contributed by atoms with Crippen LogP contribution in [0.1, 0.15) is 0 Å². The lowest BCUT2D eigenvalue weighted by atomic mass is 10.3. The van der Waals surface area contributed by atoms with Crippen molar-refractivity contribution in [1.82, 2.24) is 15.2 Å². The van der Waals surface area contributed by atoms with Crippen molar-refractivity contribution < 1.29 is 0 Å². The number of H-pyrrole nitrogens is 2. The molecule has 0 spiro atoms. The maximum atomic E-state index is 10.9. The molecule has 4 nitrogen and oxygen atoms in total. The SMILES string of the molecule is Cl.O=c1[nH][nH]c2cnccc12. The molecule has 0 saturated carbocycles. The summed E-state index contributed by atoms with van der Waals surface area (Å²) < 4.78 is 0. The average molecular weight is 172 g/mol. The quantitative estimate of drug-likeness (QED) is 0.612. The maximum Gasteiger partial charge on any atom is 0.271 e. The van der Waals surface area contributed by atoms with Gasteiger partial charge in [-0.2, -0.15) is 0 Å². The van der Waals surface area contributed by atoms with Gasteiger partial charge >= 0.3 is 0 Å². The van der Waals surface area contributed by atoms with E-state index in [0.29, 0.717) is 5.39 Å². The fourth-order valence-electron chi connectivity index (χ4n) is 0.884. The van der Waals surface area contributed by atoms with E-state index in [2.05, 4.69) is 15.2 Å². The second kappa shape index (κ2) is 2.75. The van der Waals surface area contributed by atoms with E-state index in [1.807, 2.05) is 0 Å². The molecule has 2 rings (SSSR count). The van der Waals surface area contributed by atoms with Crippen molar-refractivity contribution in [3.8, 4) is 0 Å². The minimum atomic E-state index is -0.0996. The minimum absolute atomic E-state index is 0. The first kappa shape index (κ1) is 7.81. The third kappa shape index (κ3) is 1.12. The molecule has 0 aliphatic heterocycles. The molecule has 0 bridgehead atoms. The molecule has 58 valence electrons. The zero-order chi connectivity index (χ0) is 6.97. The smallest absolute Gasteiger partial charge is 0.271 e. The van der Waals surface area contributed by atoms with Gasteiger partial charge in [0.25, 0.3) is 5.56 Å². The average Bonchev–Trinajstić information content (AvgIpc) is 2.34. The van der Waals surface area contributed by atoms with Crippen LogP contribution in [-0.2, 0) is 0 Å². The van der Waals surface area contributed by atoms with Crippen molar-refractivity contribution in [2.75, 3.05) is 0 Å². The Labute approximate surface area is 68.0 Å². The normalized spacial score (nSPS) is 9.45. The summed E-state index contributed by atoms with van der Waals surface area (Å²) >= 11 is 0. The van der Waals surface area contributed by atoms with Gasteiger partial charge in [0.15, 0.2) is 0 Å². The molecule has 0 amide bonds. The minimum Gasteiger partial charge on any atom is -0.296 e. The van der Waals surface area contributed by atoms with Gasteiger partial charge in [-0.25, -0.2) is 0 Å². The van der Waals surface area contributed by atoms with Gasteiger partial charge in [-0.3, -0.25) is 20.0 Å². The number of aromatic amines is 2. The molecule has 0 aliphatic rings. The molecule has 0 aromatic carbocycles. The van der Waals surface area contributed by atoms with Gasteiger partial charge < -0.3 is 0 Å². The van der Waals surface area contributed by atoms with Gasteiger partial charge in [0.2, 0.25) is 0 Å². The van der Waals surface area contributed by atoms with Crippen LogP contribution in [0.5, 0.6) is 0 Å². The molecule has 0 atom stereocenters. The Morgan fingerprint density at radius 2 is 2.18 bits per heavy atom. The molecule has 0 aliphatic carbocycles. The van der Waals surface area contributed by atoms with Crippen molar-refractivity contribution >= 4 is 23.3 Å². The van der Waals surface area contributed by atoms with Crippen LogP contribution in [0.25, 0.3) is 10.9 Å². The topological polar surface area (TPSA) is 61.5 Å². The lowest BCUT2D eigenvalue weighted by molar-refractivity contribution is 1.08. The summed E-state index contributed by atoms with van der Waals surface area (Å²) in [4.78, 5) is 14.7. The number of halogens is 1. The third-order valence-corrected chi connectivity index (χ3v) is 1.38. The monoisotopic (exact) mass is 171 g/mol. The first-order chi connectivity index (χ1) is 4.88. The molecule has 0 fully saturated rings. The van der Waals surface area contributed by atoms with Crippen LogP contribution < -0.4 is 5.56 Å². The van der Waals surface area contributed by atoms with Crippen LogP contribution >= 0.6 is 12.4 Å². The number of rotatable bonds is 0. The van der Waals surface area contributed by atoms with Crippen molar-refractivity contribution in [1.29, 1.82) is 0 Å². The molecule has 0 radical (unpaired) electrons. The van der Waals surface area contributed by atoms with Crippen LogP contribution in [0, 0.1) is 0 Å². The molecule has 2 heterocycles. The van der Waals surface area contributed by atoms with Gasteiger partial charge in [-0.1, -0.05) is 0 Å². The Kier molecular flexibility index (Phi) is 1.96. The van der Waals surface area contributed by atoms with Crippen molar-refractivity contribution in [3.63, 3.8) is 0 Å². The first-order valence-electron chi connectivity index (χ1n) is 2.88. The number of hydrogen-bond acceptors (Lipinski definition) is 2. The van der Waals surface area contributed by atoms with E-state index in [4.69, 9.17) is 0 Å². The summed E-state index contributed by atoms with van der Waals surface area (Å²) in [5.74, 6) is 0. The van der Waals surface area contributed by atoms with Crippen LogP contribution in [-0.4, -0.2) is 15.2 Å². The Bertz CT molecular complexity index is 405. The van der Waals surface area contributed by atoms with Gasteiger partial charge in [-0.15, -0.1) is 12.4 Å². The highest BCUT2D eigenvalue weighted by Gasteiger charge is 1.95. The summed E-state index contributed by atoms with van der Waals surface area (Å²) in [7, 11) is 0. The zero-order valence-electron chi connectivity index (χ0n) is 5.50. The first-order valence-corrected chi connectivity index (χ1v) is 2.88. The van der Waals surface area contributed by atoms with E-state index in [-0.39, 0.29) is 18.0 Å². The molecular formula is C6H6ClN3O. The van der Waals surface area contributed by atoms with Gasteiger partial charge in [0, 0.05) is 6.20 Å².